The van der Waals surface area contributed by atoms with Crippen molar-refractivity contribution < 1.29 is 14.3 Å². The molecule has 2 aromatic rings. The van der Waals surface area contributed by atoms with Crippen molar-refractivity contribution in [3.8, 4) is 11.1 Å². The van der Waals surface area contributed by atoms with Crippen molar-refractivity contribution in [2.24, 2.45) is 5.92 Å². The number of hydrogen-bond donors (Lipinski definition) is 1. The fourth-order valence-electron chi connectivity index (χ4n) is 3.74. The predicted octanol–water partition coefficient (Wildman–Crippen LogP) is 5.46. The van der Waals surface area contributed by atoms with Gasteiger partial charge in [0, 0.05) is 16.9 Å². The summed E-state index contributed by atoms with van der Waals surface area (Å²) in [7, 11) is 1.38. The van der Waals surface area contributed by atoms with Crippen LogP contribution < -0.4 is 5.32 Å². The third-order valence-corrected chi connectivity index (χ3v) is 6.33. The Hall–Kier alpha value is -2.14. The summed E-state index contributed by atoms with van der Waals surface area (Å²) < 4.78 is 5.02. The van der Waals surface area contributed by atoms with E-state index in [4.69, 9.17) is 4.74 Å². The van der Waals surface area contributed by atoms with Gasteiger partial charge in [-0.15, -0.1) is 11.3 Å². The van der Waals surface area contributed by atoms with Gasteiger partial charge in [0.05, 0.1) is 7.11 Å². The number of rotatable bonds is 6. The van der Waals surface area contributed by atoms with Gasteiger partial charge in [0.25, 0.3) is 0 Å². The van der Waals surface area contributed by atoms with Crippen LogP contribution in [0.3, 0.4) is 0 Å². The molecule has 0 spiro atoms. The van der Waals surface area contributed by atoms with E-state index in [-0.39, 0.29) is 11.8 Å². The van der Waals surface area contributed by atoms with Crippen LogP contribution in [0.1, 0.15) is 61.0 Å². The van der Waals surface area contributed by atoms with E-state index in [1.807, 2.05) is 19.2 Å². The van der Waals surface area contributed by atoms with Gasteiger partial charge in [0.2, 0.25) is 5.91 Å². The molecular formula is C22H27NO3S. The van der Waals surface area contributed by atoms with E-state index < -0.39 is 5.97 Å². The average molecular weight is 386 g/mol. The molecule has 3 rings (SSSR count). The highest BCUT2D eigenvalue weighted by molar-refractivity contribution is 7.15. The lowest BCUT2D eigenvalue weighted by atomic mass is 9.89. The third-order valence-electron chi connectivity index (χ3n) is 5.43. The smallest absolute Gasteiger partial charge is 0.341 e. The van der Waals surface area contributed by atoms with Crippen molar-refractivity contribution in [2.45, 2.75) is 52.4 Å². The second-order valence-corrected chi connectivity index (χ2v) is 7.92. The minimum Gasteiger partial charge on any atom is -0.465 e. The molecular weight excluding hydrogens is 358 g/mol. The molecule has 0 fully saturated rings. The minimum absolute atomic E-state index is 0.0380. The first-order valence-corrected chi connectivity index (χ1v) is 10.6. The highest BCUT2D eigenvalue weighted by Gasteiger charge is 2.24. The normalized spacial score (nSPS) is 13.3. The van der Waals surface area contributed by atoms with E-state index in [1.165, 1.54) is 42.4 Å². The molecule has 27 heavy (non-hydrogen) atoms. The van der Waals surface area contributed by atoms with Crippen molar-refractivity contribution in [3.05, 3.63) is 40.3 Å². The molecule has 5 heteroatoms. The second kappa shape index (κ2) is 8.70. The van der Waals surface area contributed by atoms with Gasteiger partial charge in [0.15, 0.2) is 0 Å². The lowest BCUT2D eigenvalue weighted by Gasteiger charge is -2.17. The molecule has 144 valence electrons. The lowest BCUT2D eigenvalue weighted by molar-refractivity contribution is -0.120. The van der Waals surface area contributed by atoms with Crippen LogP contribution in [0, 0.1) is 5.92 Å². The summed E-state index contributed by atoms with van der Waals surface area (Å²) in [6, 6.07) is 6.44. The van der Waals surface area contributed by atoms with Gasteiger partial charge >= 0.3 is 5.97 Å². The molecule has 1 aliphatic carbocycles. The number of carbonyl (C=O) groups is 2. The number of methoxy groups -OCH3 is 1. The number of carbonyl (C=O) groups excluding carboxylic acids is 2. The number of amides is 1. The summed E-state index contributed by atoms with van der Waals surface area (Å²) in [5, 5.41) is 5.48. The number of esters is 1. The molecule has 1 N–H and O–H groups in total. The van der Waals surface area contributed by atoms with Gasteiger partial charge in [-0.25, -0.2) is 4.79 Å². The number of thiophene rings is 1. The molecule has 0 radical (unpaired) electrons. The molecule has 0 saturated carbocycles. The van der Waals surface area contributed by atoms with E-state index in [0.717, 1.165) is 36.8 Å². The van der Waals surface area contributed by atoms with E-state index in [2.05, 4.69) is 23.5 Å². The first-order chi connectivity index (χ1) is 13.1. The molecule has 1 aromatic carbocycles. The zero-order valence-corrected chi connectivity index (χ0v) is 17.1. The SMILES string of the molecule is CCC(CC)C(=O)Nc1scc(-c2ccc3c(c2)CCCC3)c1C(=O)OC. The number of fused-ring (bicyclic) bond motifs is 1. The van der Waals surface area contributed by atoms with Gasteiger partial charge in [-0.2, -0.15) is 0 Å². The number of aryl methyl sites for hydroxylation is 2. The number of anilines is 1. The largest absolute Gasteiger partial charge is 0.465 e. The summed E-state index contributed by atoms with van der Waals surface area (Å²) in [5.41, 5.74) is 5.07. The van der Waals surface area contributed by atoms with Crippen molar-refractivity contribution >= 4 is 28.2 Å². The number of hydrogen-bond acceptors (Lipinski definition) is 4. The van der Waals surface area contributed by atoms with Crippen LogP contribution in [-0.2, 0) is 22.4 Å². The zero-order valence-electron chi connectivity index (χ0n) is 16.3. The predicted molar refractivity (Wildman–Crippen MR) is 110 cm³/mol. The molecule has 4 nitrogen and oxygen atoms in total. The summed E-state index contributed by atoms with van der Waals surface area (Å²) in [6.45, 7) is 4.00. The summed E-state index contributed by atoms with van der Waals surface area (Å²) in [4.78, 5) is 25.0. The number of benzene rings is 1. The Bertz CT molecular complexity index is 836. The molecule has 1 amide bonds. The van der Waals surface area contributed by atoms with E-state index in [1.54, 1.807) is 0 Å². The van der Waals surface area contributed by atoms with Gasteiger partial charge in [0.1, 0.15) is 10.6 Å². The summed E-state index contributed by atoms with van der Waals surface area (Å²) in [5.74, 6) is -0.502. The van der Waals surface area contributed by atoms with Crippen LogP contribution in [0.15, 0.2) is 23.6 Å². The fourth-order valence-corrected chi connectivity index (χ4v) is 4.70. The molecule has 0 aliphatic heterocycles. The fraction of sp³-hybridized carbons (Fsp3) is 0.455. The highest BCUT2D eigenvalue weighted by atomic mass is 32.1. The Labute approximate surface area is 164 Å². The maximum Gasteiger partial charge on any atom is 0.341 e. The van der Waals surface area contributed by atoms with Crippen LogP contribution in [0.4, 0.5) is 5.00 Å². The lowest BCUT2D eigenvalue weighted by Crippen LogP contribution is -2.22. The van der Waals surface area contributed by atoms with Gasteiger partial charge in [-0.1, -0.05) is 32.0 Å². The maximum absolute atomic E-state index is 12.5. The maximum atomic E-state index is 12.5. The topological polar surface area (TPSA) is 55.4 Å². The molecule has 0 atom stereocenters. The Morgan fingerprint density at radius 3 is 2.52 bits per heavy atom. The Morgan fingerprint density at radius 1 is 1.15 bits per heavy atom. The Kier molecular flexibility index (Phi) is 6.32. The van der Waals surface area contributed by atoms with Crippen LogP contribution in [-0.4, -0.2) is 19.0 Å². The van der Waals surface area contributed by atoms with Crippen molar-refractivity contribution in [1.29, 1.82) is 0 Å². The van der Waals surface area contributed by atoms with Crippen LogP contribution in [0.5, 0.6) is 0 Å². The first-order valence-electron chi connectivity index (χ1n) is 9.71. The van der Waals surface area contributed by atoms with E-state index >= 15 is 0 Å². The van der Waals surface area contributed by atoms with E-state index in [9.17, 15) is 9.59 Å². The van der Waals surface area contributed by atoms with Crippen molar-refractivity contribution in [1.82, 2.24) is 0 Å². The summed E-state index contributed by atoms with van der Waals surface area (Å²) >= 11 is 1.39. The number of nitrogens with one attached hydrogen (secondary N) is 1. The number of ether oxygens (including phenoxy) is 1. The molecule has 1 heterocycles. The quantitative estimate of drug-likeness (QED) is 0.672. The molecule has 0 unspecified atom stereocenters. The van der Waals surface area contributed by atoms with Crippen LogP contribution in [0.2, 0.25) is 0 Å². The molecule has 0 saturated heterocycles. The second-order valence-electron chi connectivity index (χ2n) is 7.04. The average Bonchev–Trinajstić information content (AvgIpc) is 3.11. The summed E-state index contributed by atoms with van der Waals surface area (Å²) in [6.07, 6.45) is 6.21. The van der Waals surface area contributed by atoms with Gasteiger partial charge < -0.3 is 10.1 Å². The molecule has 1 aliphatic rings. The first kappa shape index (κ1) is 19.6. The monoisotopic (exact) mass is 385 g/mol. The minimum atomic E-state index is -0.413. The van der Waals surface area contributed by atoms with Gasteiger partial charge in [-0.3, -0.25) is 4.79 Å². The zero-order chi connectivity index (χ0) is 19.4. The van der Waals surface area contributed by atoms with Crippen LogP contribution in [0.25, 0.3) is 11.1 Å². The Balaban J connectivity index is 1.98. The standard InChI is InChI=1S/C22H27NO3S/c1-4-14(5-2)20(24)23-21-19(22(25)26-3)18(13-27-21)17-11-10-15-8-6-7-9-16(15)12-17/h10-14H,4-9H2,1-3H3,(H,23,24). The third kappa shape index (κ3) is 4.08. The van der Waals surface area contributed by atoms with Gasteiger partial charge in [-0.05, 0) is 55.2 Å². The van der Waals surface area contributed by atoms with Crippen molar-refractivity contribution in [2.75, 3.05) is 12.4 Å². The van der Waals surface area contributed by atoms with Crippen molar-refractivity contribution in [3.63, 3.8) is 0 Å². The molecule has 0 bridgehead atoms. The molecule has 1 aromatic heterocycles. The highest BCUT2D eigenvalue weighted by Crippen LogP contribution is 2.38. The van der Waals surface area contributed by atoms with Crippen LogP contribution >= 0.6 is 11.3 Å². The van der Waals surface area contributed by atoms with E-state index in [0.29, 0.717) is 10.6 Å². The Morgan fingerprint density at radius 2 is 1.85 bits per heavy atom.